The van der Waals surface area contributed by atoms with Gasteiger partial charge < -0.3 is 9.84 Å². The Balaban J connectivity index is 2.33. The van der Waals surface area contributed by atoms with E-state index in [-0.39, 0.29) is 11.5 Å². The Morgan fingerprint density at radius 3 is 2.81 bits per heavy atom. The van der Waals surface area contributed by atoms with Crippen LogP contribution in [0.15, 0.2) is 34.5 Å². The van der Waals surface area contributed by atoms with Gasteiger partial charge in [-0.05, 0) is 36.9 Å². The molecule has 1 aromatic heterocycles. The Kier molecular flexibility index (Phi) is 4.87. The van der Waals surface area contributed by atoms with E-state index in [4.69, 9.17) is 4.74 Å². The van der Waals surface area contributed by atoms with Gasteiger partial charge in [-0.25, -0.2) is 8.42 Å². The molecule has 1 aromatic carbocycles. The molecule has 21 heavy (non-hydrogen) atoms. The van der Waals surface area contributed by atoms with Crippen LogP contribution in [0.25, 0.3) is 0 Å². The number of hydrogen-bond acceptors (Lipinski definition) is 5. The molecule has 114 valence electrons. The average Bonchev–Trinajstić information content (AvgIpc) is 2.81. The zero-order valence-electron chi connectivity index (χ0n) is 11.8. The highest BCUT2D eigenvalue weighted by Gasteiger charge is 2.22. The predicted molar refractivity (Wildman–Crippen MR) is 83.4 cm³/mol. The van der Waals surface area contributed by atoms with Gasteiger partial charge in [-0.15, -0.1) is 11.3 Å². The molecule has 2 aromatic rings. The molecule has 0 atom stereocenters. The highest BCUT2D eigenvalue weighted by Crippen LogP contribution is 2.29. The first-order valence-corrected chi connectivity index (χ1v) is 8.77. The van der Waals surface area contributed by atoms with E-state index < -0.39 is 10.0 Å². The topological polar surface area (TPSA) is 75.6 Å². The van der Waals surface area contributed by atoms with E-state index in [1.807, 2.05) is 6.92 Å². The second-order valence-corrected chi connectivity index (χ2v) is 6.98. The van der Waals surface area contributed by atoms with Gasteiger partial charge in [0.15, 0.2) is 0 Å². The Hall–Kier alpha value is -1.57. The molecule has 0 bridgehead atoms. The Bertz CT molecular complexity index is 722. The van der Waals surface area contributed by atoms with Gasteiger partial charge in [-0.2, -0.15) is 0 Å². The summed E-state index contributed by atoms with van der Waals surface area (Å²) in [4.78, 5) is 0.581. The molecule has 0 aliphatic heterocycles. The van der Waals surface area contributed by atoms with Crippen molar-refractivity contribution in [3.05, 3.63) is 40.1 Å². The lowest BCUT2D eigenvalue weighted by molar-refractivity contribution is 0.282. The summed E-state index contributed by atoms with van der Waals surface area (Å²) in [5.74, 6) is 0.599. The molecule has 7 heteroatoms. The molecule has 0 radical (unpaired) electrons. The molecule has 2 rings (SSSR count). The third-order valence-corrected chi connectivity index (χ3v) is 5.63. The third kappa shape index (κ3) is 3.55. The maximum absolute atomic E-state index is 12.5. The highest BCUT2D eigenvalue weighted by atomic mass is 32.2. The van der Waals surface area contributed by atoms with Crippen LogP contribution < -0.4 is 9.46 Å². The Morgan fingerprint density at radius 1 is 1.38 bits per heavy atom. The summed E-state index contributed by atoms with van der Waals surface area (Å²) < 4.78 is 32.8. The fourth-order valence-electron chi connectivity index (χ4n) is 1.98. The lowest BCUT2D eigenvalue weighted by Crippen LogP contribution is -2.15. The molecule has 0 aliphatic rings. The van der Waals surface area contributed by atoms with Crippen LogP contribution in [0.3, 0.4) is 0 Å². The summed E-state index contributed by atoms with van der Waals surface area (Å²) in [6.07, 6.45) is 0. The SMILES string of the molecule is CCOc1cccc(NS(=O)(=O)c2c(C)csc2CO)c1. The first-order chi connectivity index (χ1) is 9.97. The maximum atomic E-state index is 12.5. The first kappa shape index (κ1) is 15.8. The smallest absolute Gasteiger partial charge is 0.263 e. The maximum Gasteiger partial charge on any atom is 0.263 e. The summed E-state index contributed by atoms with van der Waals surface area (Å²) in [6, 6.07) is 6.76. The molecule has 5 nitrogen and oxygen atoms in total. The van der Waals surface area contributed by atoms with Crippen LogP contribution in [0.5, 0.6) is 5.75 Å². The van der Waals surface area contributed by atoms with E-state index in [1.165, 1.54) is 11.3 Å². The second-order valence-electron chi connectivity index (χ2n) is 4.40. The van der Waals surface area contributed by atoms with Crippen molar-refractivity contribution in [1.29, 1.82) is 0 Å². The van der Waals surface area contributed by atoms with Crippen molar-refractivity contribution >= 4 is 27.0 Å². The molecule has 0 fully saturated rings. The lowest BCUT2D eigenvalue weighted by atomic mass is 10.3. The Morgan fingerprint density at radius 2 is 2.14 bits per heavy atom. The normalized spacial score (nSPS) is 11.4. The number of aryl methyl sites for hydroxylation is 1. The molecule has 0 unspecified atom stereocenters. The minimum absolute atomic E-state index is 0.150. The van der Waals surface area contributed by atoms with Gasteiger partial charge in [-0.1, -0.05) is 6.07 Å². The first-order valence-electron chi connectivity index (χ1n) is 6.41. The van der Waals surface area contributed by atoms with Crippen LogP contribution in [0, 0.1) is 6.92 Å². The minimum atomic E-state index is -3.73. The monoisotopic (exact) mass is 327 g/mol. The van der Waals surface area contributed by atoms with E-state index in [1.54, 1.807) is 36.6 Å². The van der Waals surface area contributed by atoms with E-state index in [0.29, 0.717) is 28.5 Å². The second kappa shape index (κ2) is 6.46. The van der Waals surface area contributed by atoms with Gasteiger partial charge in [-0.3, -0.25) is 4.72 Å². The summed E-state index contributed by atoms with van der Waals surface area (Å²) in [5.41, 5.74) is 1.05. The van der Waals surface area contributed by atoms with Gasteiger partial charge in [0.2, 0.25) is 0 Å². The largest absolute Gasteiger partial charge is 0.494 e. The quantitative estimate of drug-likeness (QED) is 0.855. The number of aliphatic hydroxyl groups excluding tert-OH is 1. The molecular formula is C14H17NO4S2. The van der Waals surface area contributed by atoms with Gasteiger partial charge in [0.25, 0.3) is 10.0 Å². The zero-order chi connectivity index (χ0) is 15.5. The molecule has 1 heterocycles. The Labute approximate surface area is 128 Å². The van der Waals surface area contributed by atoms with Crippen molar-refractivity contribution in [2.75, 3.05) is 11.3 Å². The van der Waals surface area contributed by atoms with E-state index in [2.05, 4.69) is 4.72 Å². The van der Waals surface area contributed by atoms with Crippen LogP contribution in [-0.4, -0.2) is 20.1 Å². The van der Waals surface area contributed by atoms with Crippen molar-refractivity contribution < 1.29 is 18.3 Å². The minimum Gasteiger partial charge on any atom is -0.494 e. The zero-order valence-corrected chi connectivity index (χ0v) is 13.4. The van der Waals surface area contributed by atoms with Crippen molar-refractivity contribution in [3.63, 3.8) is 0 Å². The molecule has 0 amide bonds. The lowest BCUT2D eigenvalue weighted by Gasteiger charge is -2.11. The summed E-state index contributed by atoms with van der Waals surface area (Å²) >= 11 is 1.23. The molecule has 0 aliphatic carbocycles. The van der Waals surface area contributed by atoms with Gasteiger partial charge >= 0.3 is 0 Å². The van der Waals surface area contributed by atoms with Crippen LogP contribution in [0.2, 0.25) is 0 Å². The van der Waals surface area contributed by atoms with Crippen molar-refractivity contribution in [2.24, 2.45) is 0 Å². The average molecular weight is 327 g/mol. The fraction of sp³-hybridized carbons (Fsp3) is 0.286. The number of sulfonamides is 1. The van der Waals surface area contributed by atoms with E-state index in [9.17, 15) is 13.5 Å². The van der Waals surface area contributed by atoms with Crippen LogP contribution >= 0.6 is 11.3 Å². The number of rotatable bonds is 6. The standard InChI is InChI=1S/C14H17NO4S2/c1-3-19-12-6-4-5-11(7-12)15-21(17,18)14-10(2)9-20-13(14)8-16/h4-7,9,15-16H,3,8H2,1-2H3. The summed E-state index contributed by atoms with van der Waals surface area (Å²) in [5, 5.41) is 11.0. The summed E-state index contributed by atoms with van der Waals surface area (Å²) in [6.45, 7) is 3.78. The van der Waals surface area contributed by atoms with Crippen molar-refractivity contribution in [2.45, 2.75) is 25.3 Å². The van der Waals surface area contributed by atoms with E-state index in [0.717, 1.165) is 0 Å². The number of nitrogens with one attached hydrogen (secondary N) is 1. The molecule has 2 N–H and O–H groups in total. The highest BCUT2D eigenvalue weighted by molar-refractivity contribution is 7.93. The number of aliphatic hydroxyl groups is 1. The number of ether oxygens (including phenoxy) is 1. The van der Waals surface area contributed by atoms with Gasteiger partial charge in [0, 0.05) is 6.07 Å². The molecule has 0 saturated carbocycles. The number of anilines is 1. The number of hydrogen-bond donors (Lipinski definition) is 2. The molecule has 0 saturated heterocycles. The van der Waals surface area contributed by atoms with Crippen LogP contribution in [-0.2, 0) is 16.6 Å². The summed E-state index contributed by atoms with van der Waals surface area (Å²) in [7, 11) is -3.73. The van der Waals surface area contributed by atoms with Crippen molar-refractivity contribution in [1.82, 2.24) is 0 Å². The van der Waals surface area contributed by atoms with Gasteiger partial charge in [0.05, 0.1) is 23.8 Å². The predicted octanol–water partition coefficient (Wildman–Crippen LogP) is 2.75. The van der Waals surface area contributed by atoms with Crippen molar-refractivity contribution in [3.8, 4) is 5.75 Å². The molecular weight excluding hydrogens is 310 g/mol. The number of benzene rings is 1. The number of thiophene rings is 1. The van der Waals surface area contributed by atoms with Gasteiger partial charge in [0.1, 0.15) is 10.6 Å². The van der Waals surface area contributed by atoms with Crippen LogP contribution in [0.1, 0.15) is 17.4 Å². The fourth-order valence-corrected chi connectivity index (χ4v) is 4.69. The third-order valence-electron chi connectivity index (χ3n) is 2.80. The molecule has 0 spiro atoms. The van der Waals surface area contributed by atoms with Crippen LogP contribution in [0.4, 0.5) is 5.69 Å². The van der Waals surface area contributed by atoms with E-state index >= 15 is 0 Å².